The van der Waals surface area contributed by atoms with Gasteiger partial charge < -0.3 is 30.0 Å². The van der Waals surface area contributed by atoms with Crippen molar-refractivity contribution in [3.8, 4) is 17.6 Å². The number of ether oxygens (including phenoxy) is 1. The Hall–Kier alpha value is -3.70. The van der Waals surface area contributed by atoms with Crippen LogP contribution in [-0.4, -0.2) is 78.8 Å². The second kappa shape index (κ2) is 12.2. The van der Waals surface area contributed by atoms with E-state index in [1.165, 1.54) is 43.1 Å². The van der Waals surface area contributed by atoms with E-state index >= 15 is 0 Å². The summed E-state index contributed by atoms with van der Waals surface area (Å²) >= 11 is -0.321. The Balaban J connectivity index is 1.63. The molecule has 2 aromatic heterocycles. The van der Waals surface area contributed by atoms with E-state index in [-0.39, 0.29) is 58.3 Å². The number of rotatable bonds is 7. The van der Waals surface area contributed by atoms with Crippen molar-refractivity contribution in [2.24, 2.45) is 0 Å². The lowest BCUT2D eigenvalue weighted by molar-refractivity contribution is -0.0329. The number of benzene rings is 1. The van der Waals surface area contributed by atoms with E-state index in [4.69, 9.17) is 4.74 Å². The van der Waals surface area contributed by atoms with Crippen LogP contribution in [0.1, 0.15) is 22.3 Å². The van der Waals surface area contributed by atoms with Crippen LogP contribution in [0.3, 0.4) is 0 Å². The zero-order valence-electron chi connectivity index (χ0n) is 21.8. The summed E-state index contributed by atoms with van der Waals surface area (Å²) in [5, 5.41) is 8.13. The topological polar surface area (TPSA) is 82.9 Å². The summed E-state index contributed by atoms with van der Waals surface area (Å²) in [6.45, 7) is 0.807. The highest BCUT2D eigenvalue weighted by Crippen LogP contribution is 2.40. The number of likely N-dealkylation sites (tertiary alicyclic amines) is 1. The predicted molar refractivity (Wildman–Crippen MR) is 143 cm³/mol. The van der Waals surface area contributed by atoms with Gasteiger partial charge in [-0.1, -0.05) is 11.8 Å². The van der Waals surface area contributed by atoms with E-state index in [0.717, 1.165) is 6.07 Å². The molecule has 1 amide bonds. The van der Waals surface area contributed by atoms with E-state index in [1.54, 1.807) is 0 Å². The molecule has 0 saturated carbocycles. The number of hydrogen-bond acceptors (Lipinski definition) is 7. The first-order valence-electron chi connectivity index (χ1n) is 12.2. The molecule has 8 nitrogen and oxygen atoms in total. The normalized spacial score (nSPS) is 17.7. The molecule has 1 aromatic carbocycles. The number of fused-ring (bicyclic) bond motifs is 1. The van der Waals surface area contributed by atoms with Crippen LogP contribution in [0.2, 0.25) is 0 Å². The van der Waals surface area contributed by atoms with Crippen molar-refractivity contribution in [2.75, 3.05) is 51.5 Å². The van der Waals surface area contributed by atoms with Gasteiger partial charge in [0.2, 0.25) is 0 Å². The number of alkyl halides is 4. The number of nitrogens with zero attached hydrogens (tertiary/aromatic N) is 3. The SMILES string of the molecule is CNC(=O)c1cc(F)c(OC)c(NCC#Cc2cc3c(N[C@@H]4CCN(C)C[C@@H]4F)nccn3c2SC(F)(F)F)c1. The first-order chi connectivity index (χ1) is 19.0. The summed E-state index contributed by atoms with van der Waals surface area (Å²) in [7, 11) is 4.49. The molecule has 214 valence electrons. The summed E-state index contributed by atoms with van der Waals surface area (Å²) in [6, 6.07) is 3.33. The number of carbonyl (C=O) groups is 1. The monoisotopic (exact) mass is 582 g/mol. The lowest BCUT2D eigenvalue weighted by atomic mass is 10.0. The molecule has 4 rings (SSSR count). The molecule has 40 heavy (non-hydrogen) atoms. The van der Waals surface area contributed by atoms with Crippen molar-refractivity contribution in [1.29, 1.82) is 0 Å². The number of carbonyl (C=O) groups excluding carboxylic acids is 1. The Kier molecular flexibility index (Phi) is 8.95. The van der Waals surface area contributed by atoms with Crippen LogP contribution in [0.5, 0.6) is 5.75 Å². The lowest BCUT2D eigenvalue weighted by Crippen LogP contribution is -2.46. The molecule has 14 heteroatoms. The summed E-state index contributed by atoms with van der Waals surface area (Å²) in [5.74, 6) is 4.31. The average Bonchev–Trinajstić information content (AvgIpc) is 3.24. The van der Waals surface area contributed by atoms with Crippen molar-refractivity contribution in [2.45, 2.75) is 29.2 Å². The number of methoxy groups -OCH3 is 1. The van der Waals surface area contributed by atoms with Gasteiger partial charge in [0.1, 0.15) is 11.2 Å². The van der Waals surface area contributed by atoms with Gasteiger partial charge in [0, 0.05) is 49.9 Å². The number of halogens is 5. The minimum absolute atomic E-state index is 0.0477. The third kappa shape index (κ3) is 6.71. The molecule has 1 fully saturated rings. The number of anilines is 2. The maximum Gasteiger partial charge on any atom is 0.447 e. The lowest BCUT2D eigenvalue weighted by Gasteiger charge is -2.33. The number of piperidine rings is 1. The minimum atomic E-state index is -4.59. The second-order valence-corrected chi connectivity index (χ2v) is 10.1. The second-order valence-electron chi connectivity index (χ2n) is 9.03. The highest BCUT2D eigenvalue weighted by atomic mass is 32.2. The maximum absolute atomic E-state index is 14.6. The Morgan fingerprint density at radius 1 is 1.30 bits per heavy atom. The van der Waals surface area contributed by atoms with Crippen molar-refractivity contribution in [1.82, 2.24) is 19.6 Å². The fourth-order valence-electron chi connectivity index (χ4n) is 4.37. The van der Waals surface area contributed by atoms with E-state index < -0.39 is 29.4 Å². The summed E-state index contributed by atoms with van der Waals surface area (Å²) in [4.78, 5) is 18.1. The largest absolute Gasteiger partial charge is 0.492 e. The zero-order valence-corrected chi connectivity index (χ0v) is 22.6. The van der Waals surface area contributed by atoms with Gasteiger partial charge in [-0.3, -0.25) is 4.79 Å². The molecule has 3 aromatic rings. The number of thioether (sulfide) groups is 1. The van der Waals surface area contributed by atoms with E-state index in [0.29, 0.717) is 18.5 Å². The molecule has 0 bridgehead atoms. The smallest absolute Gasteiger partial charge is 0.447 e. The molecule has 2 atom stereocenters. The molecule has 0 aliphatic carbocycles. The standard InChI is InChI=1S/C26H27F5N6O2S/c1-32-24(38)16-11-17(27)22(39-3)20(12-16)33-7-4-5-15-13-21-23(35-19-6-9-36(2)14-18(19)28)34-8-10-37(21)25(15)40-26(29,30)31/h8,10-13,18-19,33H,6-7,9,14H2,1-3H3,(H,32,38)(H,34,35)/t18-,19+/m0/s1. The number of hydrogen-bond donors (Lipinski definition) is 3. The molecule has 3 heterocycles. The first-order valence-corrected chi connectivity index (χ1v) is 13.0. The Morgan fingerprint density at radius 2 is 2.08 bits per heavy atom. The maximum atomic E-state index is 14.6. The van der Waals surface area contributed by atoms with Gasteiger partial charge in [0.15, 0.2) is 17.4 Å². The van der Waals surface area contributed by atoms with E-state index in [2.05, 4.69) is 32.8 Å². The summed E-state index contributed by atoms with van der Waals surface area (Å²) in [5.41, 5.74) is -4.00. The van der Waals surface area contributed by atoms with Gasteiger partial charge in [-0.05, 0) is 31.7 Å². The molecule has 0 radical (unpaired) electrons. The van der Waals surface area contributed by atoms with Crippen LogP contribution in [0.4, 0.5) is 33.5 Å². The molecule has 0 spiro atoms. The highest BCUT2D eigenvalue weighted by molar-refractivity contribution is 8.00. The van der Waals surface area contributed by atoms with Crippen molar-refractivity contribution in [3.05, 3.63) is 47.5 Å². The van der Waals surface area contributed by atoms with Gasteiger partial charge >= 0.3 is 5.51 Å². The summed E-state index contributed by atoms with van der Waals surface area (Å²) < 4.78 is 75.9. The van der Waals surface area contributed by atoms with Crippen molar-refractivity contribution in [3.63, 3.8) is 0 Å². The highest BCUT2D eigenvalue weighted by Gasteiger charge is 2.33. The predicted octanol–water partition coefficient (Wildman–Crippen LogP) is 4.37. The van der Waals surface area contributed by atoms with Gasteiger partial charge in [-0.15, -0.1) is 0 Å². The molecular formula is C26H27F5N6O2S. The van der Waals surface area contributed by atoms with Crippen LogP contribution in [0.15, 0.2) is 35.6 Å². The Morgan fingerprint density at radius 3 is 2.75 bits per heavy atom. The quantitative estimate of drug-likeness (QED) is 0.217. The van der Waals surface area contributed by atoms with E-state index in [9.17, 15) is 26.7 Å². The molecular weight excluding hydrogens is 555 g/mol. The van der Waals surface area contributed by atoms with Gasteiger partial charge in [-0.25, -0.2) is 13.8 Å². The fourth-order valence-corrected chi connectivity index (χ4v) is 5.07. The number of amides is 1. The first kappa shape index (κ1) is 29.3. The van der Waals surface area contributed by atoms with Crippen LogP contribution >= 0.6 is 11.8 Å². The third-order valence-electron chi connectivity index (χ3n) is 6.26. The molecule has 3 N–H and O–H groups in total. The molecule has 1 aliphatic rings. The molecule has 0 unspecified atom stereocenters. The van der Waals surface area contributed by atoms with Gasteiger partial charge in [0.05, 0.1) is 36.5 Å². The van der Waals surface area contributed by atoms with Gasteiger partial charge in [0.25, 0.3) is 5.91 Å². The zero-order chi connectivity index (χ0) is 29.0. The van der Waals surface area contributed by atoms with Crippen molar-refractivity contribution < 1.29 is 31.5 Å². The third-order valence-corrected chi connectivity index (χ3v) is 7.10. The van der Waals surface area contributed by atoms with Crippen molar-refractivity contribution >= 4 is 34.7 Å². The van der Waals surface area contributed by atoms with Crippen LogP contribution in [0, 0.1) is 17.7 Å². The Bertz CT molecular complexity index is 1450. The Labute approximate surface area is 231 Å². The number of nitrogens with one attached hydrogen (secondary N) is 3. The van der Waals surface area contributed by atoms with Crippen LogP contribution in [0.25, 0.3) is 5.52 Å². The molecule has 1 aliphatic heterocycles. The fraction of sp³-hybridized carbons (Fsp3) is 0.385. The van der Waals surface area contributed by atoms with Crippen LogP contribution < -0.4 is 20.7 Å². The number of aromatic nitrogens is 2. The van der Waals surface area contributed by atoms with Gasteiger partial charge in [-0.2, -0.15) is 13.2 Å². The average molecular weight is 583 g/mol. The minimum Gasteiger partial charge on any atom is -0.492 e. The summed E-state index contributed by atoms with van der Waals surface area (Å²) in [6.07, 6.45) is 2.07. The van der Waals surface area contributed by atoms with Crippen LogP contribution in [-0.2, 0) is 0 Å². The molecule has 1 saturated heterocycles. The van der Waals surface area contributed by atoms with E-state index in [1.807, 2.05) is 11.9 Å².